The second-order valence-corrected chi connectivity index (χ2v) is 1.77. The average molecular weight is 217 g/mol. The molecule has 0 aromatic rings. The van der Waals surface area contributed by atoms with Crippen molar-refractivity contribution in [1.82, 2.24) is 0 Å². The molecule has 0 saturated heterocycles. The Morgan fingerprint density at radius 3 is 1.12 bits per heavy atom. The van der Waals surface area contributed by atoms with Gasteiger partial charge in [0.15, 0.2) is 0 Å². The van der Waals surface area contributed by atoms with E-state index in [1.165, 1.54) is 0 Å². The molecule has 0 spiro atoms. The molecule has 0 aliphatic rings. The van der Waals surface area contributed by atoms with Crippen LogP contribution in [-0.2, 0) is 4.57 Å². The molecule has 0 aliphatic heterocycles. The summed E-state index contributed by atoms with van der Waals surface area (Å²) in [6.07, 6.45) is 0. The Kier molecular flexibility index (Phi) is 34.7. The van der Waals surface area contributed by atoms with E-state index in [4.69, 9.17) is 14.4 Å². The van der Waals surface area contributed by atoms with Crippen LogP contribution in [0.1, 0.15) is 0 Å². The summed E-state index contributed by atoms with van der Waals surface area (Å²) in [5.74, 6) is 0. The molecular weight excluding hydrogens is 210 g/mol. The molecule has 0 unspecified atom stereocenters. The molecule has 0 aromatic carbocycles. The molecule has 8 heteroatoms. The maximum atomic E-state index is 9.10. The van der Waals surface area contributed by atoms with Crippen molar-refractivity contribution in [1.29, 1.82) is 0 Å². The van der Waals surface area contributed by atoms with Crippen LogP contribution in [0.3, 0.4) is 0 Å². The van der Waals surface area contributed by atoms with Crippen molar-refractivity contribution in [3.8, 4) is 0 Å². The van der Waals surface area contributed by atoms with Gasteiger partial charge in [0.1, 0.15) is 0 Å². The van der Waals surface area contributed by atoms with E-state index >= 15 is 0 Å². The topological polar surface area (TPSA) is 83.6 Å². The first-order chi connectivity index (χ1) is 2.00. The molecule has 38 valence electrons. The number of hydrogen-bond acceptors (Lipinski definition) is 1. The third kappa shape index (κ3) is 43.9. The van der Waals surface area contributed by atoms with Crippen molar-refractivity contribution in [2.75, 3.05) is 0 Å². The Labute approximate surface area is 176 Å². The van der Waals surface area contributed by atoms with Crippen molar-refractivity contribution < 1.29 is 14.4 Å². The van der Waals surface area contributed by atoms with Crippen LogP contribution in [-0.4, -0.2) is 164 Å². The van der Waals surface area contributed by atoms with Gasteiger partial charge < -0.3 is 9.79 Å². The summed E-state index contributed by atoms with van der Waals surface area (Å²) >= 11 is 0. The van der Waals surface area contributed by atoms with Gasteiger partial charge in [-0.1, -0.05) is 0 Å². The Hall–Kier alpha value is 5.02. The number of rotatable bonds is 0. The molecule has 0 radical (unpaired) electrons. The molecule has 0 rings (SSSR count). The van der Waals surface area contributed by atoms with E-state index in [1.54, 1.807) is 0 Å². The normalized spacial score (nSPS) is 7.38. The zero-order valence-corrected chi connectivity index (χ0v) is 3.22. The SMILES string of the molecule is NP(=O)(O)O.[KH].[KH].[KH]. The first-order valence-corrected chi connectivity index (χ1v) is 2.52. The van der Waals surface area contributed by atoms with Gasteiger partial charge in [-0.2, -0.15) is 0 Å². The van der Waals surface area contributed by atoms with Crippen LogP contribution in [0.15, 0.2) is 0 Å². The van der Waals surface area contributed by atoms with Crippen molar-refractivity contribution in [2.24, 2.45) is 5.50 Å². The third-order valence-corrected chi connectivity index (χ3v) is 0. The molecule has 0 atom stereocenters. The molecule has 0 bridgehead atoms. The summed E-state index contributed by atoms with van der Waals surface area (Å²) in [6.45, 7) is 0. The molecule has 0 aliphatic carbocycles. The zero-order chi connectivity index (χ0) is 4.50. The van der Waals surface area contributed by atoms with Gasteiger partial charge >= 0.3 is 162 Å². The quantitative estimate of drug-likeness (QED) is 0.300. The fourth-order valence-electron chi connectivity index (χ4n) is 0. The van der Waals surface area contributed by atoms with Crippen LogP contribution < -0.4 is 5.50 Å². The molecule has 4 nitrogen and oxygen atoms in total. The van der Waals surface area contributed by atoms with Gasteiger partial charge in [-0.25, -0.2) is 10.1 Å². The van der Waals surface area contributed by atoms with Crippen molar-refractivity contribution >= 4 is 162 Å². The van der Waals surface area contributed by atoms with Crippen LogP contribution in [0.4, 0.5) is 0 Å². The number of nitrogens with two attached hydrogens (primary N) is 1. The minimum absolute atomic E-state index is 0. The molecular formula is H7K3NO3P. The van der Waals surface area contributed by atoms with Crippen LogP contribution in [0.25, 0.3) is 0 Å². The Morgan fingerprint density at radius 2 is 1.12 bits per heavy atom. The zero-order valence-electron chi connectivity index (χ0n) is 2.33. The summed E-state index contributed by atoms with van der Waals surface area (Å²) < 4.78 is 9.10. The second kappa shape index (κ2) is 12.0. The molecule has 4 N–H and O–H groups in total. The van der Waals surface area contributed by atoms with Crippen molar-refractivity contribution in [3.63, 3.8) is 0 Å². The van der Waals surface area contributed by atoms with E-state index in [0.29, 0.717) is 0 Å². The summed E-state index contributed by atoms with van der Waals surface area (Å²) in [5.41, 5.74) is 4.02. The van der Waals surface area contributed by atoms with E-state index in [-0.39, 0.29) is 154 Å². The molecule has 0 fully saturated rings. The van der Waals surface area contributed by atoms with Crippen molar-refractivity contribution in [2.45, 2.75) is 0 Å². The Balaban J connectivity index is -0.0000000267. The fourth-order valence-corrected chi connectivity index (χ4v) is 0. The standard InChI is InChI=1S/3K.H4NO3P.3H/c;;;1-5(2,3)4;;;/h;;;(H4,1,2,3,4);;;. The number of hydrogen-bond donors (Lipinski definition) is 3. The van der Waals surface area contributed by atoms with Crippen LogP contribution in [0, 0.1) is 0 Å². The van der Waals surface area contributed by atoms with E-state index in [2.05, 4.69) is 5.50 Å². The van der Waals surface area contributed by atoms with E-state index in [1.807, 2.05) is 0 Å². The molecule has 0 amide bonds. The van der Waals surface area contributed by atoms with Gasteiger partial charge in [0.05, 0.1) is 0 Å². The van der Waals surface area contributed by atoms with Gasteiger partial charge in [-0.05, 0) is 0 Å². The molecule has 8 heavy (non-hydrogen) atoms. The van der Waals surface area contributed by atoms with Gasteiger partial charge in [0, 0.05) is 0 Å². The van der Waals surface area contributed by atoms with Gasteiger partial charge in [0.25, 0.3) is 0 Å². The molecule has 0 saturated carbocycles. The van der Waals surface area contributed by atoms with Crippen LogP contribution in [0.5, 0.6) is 0 Å². The summed E-state index contributed by atoms with van der Waals surface area (Å²) in [6, 6.07) is 0. The Bertz CT molecular complexity index is 60.7. The van der Waals surface area contributed by atoms with Gasteiger partial charge in [-0.3, -0.25) is 0 Å². The van der Waals surface area contributed by atoms with E-state index in [9.17, 15) is 0 Å². The third-order valence-electron chi connectivity index (χ3n) is 0. The predicted octanol–water partition coefficient (Wildman–Crippen LogP) is -2.91. The van der Waals surface area contributed by atoms with Gasteiger partial charge in [0.2, 0.25) is 0 Å². The van der Waals surface area contributed by atoms with Crippen molar-refractivity contribution in [3.05, 3.63) is 0 Å². The predicted molar refractivity (Wildman–Crippen MR) is 37.7 cm³/mol. The molecule has 0 heterocycles. The van der Waals surface area contributed by atoms with Crippen LogP contribution in [0.2, 0.25) is 0 Å². The summed E-state index contributed by atoms with van der Waals surface area (Å²) in [7, 11) is -4.14. The summed E-state index contributed by atoms with van der Waals surface area (Å²) in [5, 5.41) is 0. The van der Waals surface area contributed by atoms with E-state index in [0.717, 1.165) is 0 Å². The van der Waals surface area contributed by atoms with E-state index < -0.39 is 7.75 Å². The summed E-state index contributed by atoms with van der Waals surface area (Å²) in [4.78, 5) is 14.8. The first-order valence-electron chi connectivity index (χ1n) is 0.841. The first kappa shape index (κ1) is 23.1. The molecule has 0 aromatic heterocycles. The van der Waals surface area contributed by atoms with Crippen LogP contribution >= 0.6 is 7.75 Å². The average Bonchev–Trinajstić information content (AvgIpc) is 0.722. The monoisotopic (exact) mass is 217 g/mol. The Morgan fingerprint density at radius 1 is 1.12 bits per heavy atom. The maximum absolute atomic E-state index is 9.10. The fraction of sp³-hybridized carbons (Fsp3) is 0. The second-order valence-electron chi connectivity index (χ2n) is 0.589. The van der Waals surface area contributed by atoms with Gasteiger partial charge in [-0.15, -0.1) is 0 Å². The minimum atomic E-state index is -4.14.